The first-order chi connectivity index (χ1) is 15.8. The predicted molar refractivity (Wildman–Crippen MR) is 125 cm³/mol. The number of hydrogen-bond acceptors (Lipinski definition) is 7. The lowest BCUT2D eigenvalue weighted by Crippen LogP contribution is -2.39. The van der Waals surface area contributed by atoms with Crippen molar-refractivity contribution in [2.45, 2.75) is 25.7 Å². The highest BCUT2D eigenvalue weighted by Gasteiger charge is 2.17. The highest BCUT2D eigenvalue weighted by Crippen LogP contribution is 2.40. The van der Waals surface area contributed by atoms with E-state index in [4.69, 9.17) is 18.9 Å². The average molecular weight is 461 g/mol. The highest BCUT2D eigenvalue weighted by molar-refractivity contribution is 5.91. The minimum Gasteiger partial charge on any atom is -0.504 e. The molecular formula is C24H32N2O7. The first-order valence-corrected chi connectivity index (χ1v) is 10.5. The Balaban J connectivity index is 0.000000554. The second kappa shape index (κ2) is 12.4. The van der Waals surface area contributed by atoms with Crippen LogP contribution >= 0.6 is 0 Å². The third-order valence-electron chi connectivity index (χ3n) is 5.15. The summed E-state index contributed by atoms with van der Waals surface area (Å²) in [6, 6.07) is 8.59. The molecule has 33 heavy (non-hydrogen) atoms. The minimum absolute atomic E-state index is 0.0943. The van der Waals surface area contributed by atoms with Crippen molar-refractivity contribution < 1.29 is 33.6 Å². The van der Waals surface area contributed by atoms with Gasteiger partial charge in [-0.2, -0.15) is 0 Å². The molecule has 2 amide bonds. The summed E-state index contributed by atoms with van der Waals surface area (Å²) >= 11 is 0. The van der Waals surface area contributed by atoms with E-state index in [1.165, 1.54) is 28.4 Å². The van der Waals surface area contributed by atoms with Crippen molar-refractivity contribution in [1.29, 1.82) is 0 Å². The van der Waals surface area contributed by atoms with Crippen molar-refractivity contribution in [2.75, 3.05) is 47.3 Å². The Morgan fingerprint density at radius 3 is 2.03 bits per heavy atom. The summed E-state index contributed by atoms with van der Waals surface area (Å²) in [6.07, 6.45) is 2.40. The lowest BCUT2D eigenvalue weighted by atomic mass is 10.1. The van der Waals surface area contributed by atoms with Gasteiger partial charge >= 0.3 is 0 Å². The molecule has 3 rings (SSSR count). The first-order valence-electron chi connectivity index (χ1n) is 10.5. The van der Waals surface area contributed by atoms with Gasteiger partial charge in [0.05, 0.1) is 28.4 Å². The molecule has 2 N–H and O–H groups in total. The molecule has 0 unspecified atom stereocenters. The molecule has 180 valence electrons. The van der Waals surface area contributed by atoms with E-state index in [1.807, 2.05) is 13.1 Å². The number of aromatic hydroxyl groups is 1. The fourth-order valence-electron chi connectivity index (χ4n) is 3.15. The number of methoxy groups -OCH3 is 4. The van der Waals surface area contributed by atoms with Crippen LogP contribution in [0, 0.1) is 0 Å². The zero-order chi connectivity index (χ0) is 24.4. The van der Waals surface area contributed by atoms with Crippen LogP contribution in [0.4, 0.5) is 5.69 Å². The van der Waals surface area contributed by atoms with Crippen molar-refractivity contribution in [2.24, 2.45) is 0 Å². The molecule has 0 aromatic heterocycles. The van der Waals surface area contributed by atoms with Gasteiger partial charge in [-0.25, -0.2) is 0 Å². The van der Waals surface area contributed by atoms with Gasteiger partial charge in [0.2, 0.25) is 17.6 Å². The quantitative estimate of drug-likeness (QED) is 0.553. The maximum Gasteiger partial charge on any atom is 0.224 e. The van der Waals surface area contributed by atoms with E-state index in [0.717, 1.165) is 18.5 Å². The molecule has 9 nitrogen and oxygen atoms in total. The Labute approximate surface area is 194 Å². The maximum atomic E-state index is 12.2. The Hall–Kier alpha value is -3.62. The number of nitrogens with zero attached hydrogens (tertiary/aromatic N) is 1. The Kier molecular flexibility index (Phi) is 9.65. The maximum absolute atomic E-state index is 12.2. The third kappa shape index (κ3) is 7.20. The number of phenols is 1. The van der Waals surface area contributed by atoms with Crippen LogP contribution in [0.1, 0.15) is 24.8 Å². The van der Waals surface area contributed by atoms with Gasteiger partial charge in [-0.05, 0) is 30.5 Å². The van der Waals surface area contributed by atoms with E-state index >= 15 is 0 Å². The Bertz CT molecular complexity index is 937. The number of aryl methyl sites for hydroxylation is 1. The number of likely N-dealkylation sites (tertiary alicyclic amines) is 1. The van der Waals surface area contributed by atoms with Gasteiger partial charge in [-0.1, -0.05) is 6.07 Å². The van der Waals surface area contributed by atoms with Gasteiger partial charge in [0, 0.05) is 44.3 Å². The number of phenolic OH excluding ortho intramolecular Hbond substituents is 1. The number of rotatable bonds is 9. The number of amides is 2. The summed E-state index contributed by atoms with van der Waals surface area (Å²) in [5.41, 5.74) is 1.51. The van der Waals surface area contributed by atoms with E-state index in [9.17, 15) is 14.7 Å². The van der Waals surface area contributed by atoms with Gasteiger partial charge in [0.15, 0.2) is 23.0 Å². The van der Waals surface area contributed by atoms with Crippen LogP contribution in [0.2, 0.25) is 0 Å². The zero-order valence-corrected chi connectivity index (χ0v) is 19.8. The summed E-state index contributed by atoms with van der Waals surface area (Å²) < 4.78 is 20.8. The normalized spacial score (nSPS) is 12.2. The van der Waals surface area contributed by atoms with Crippen molar-refractivity contribution in [3.8, 4) is 28.7 Å². The SMILES string of the molecule is CN1CCC1=O.COc1ccc(CCCC(=O)Nc2cc(OC)c(OC)c(OC)c2)cc1O. The molecule has 2 aromatic rings. The Morgan fingerprint density at radius 1 is 1.00 bits per heavy atom. The second-order valence-corrected chi connectivity index (χ2v) is 7.39. The summed E-state index contributed by atoms with van der Waals surface area (Å²) in [6.45, 7) is 0.957. The third-order valence-corrected chi connectivity index (χ3v) is 5.15. The standard InChI is InChI=1S/C20H25NO6.C4H7NO/c1-24-16-9-8-13(10-15(16)22)6-5-7-19(23)21-14-11-17(25-2)20(27-4)18(12-14)26-3;1-5-3-2-4(5)6/h8-12,22H,5-7H2,1-4H3,(H,21,23);2-3H2,1H3. The molecule has 0 bridgehead atoms. The molecule has 9 heteroatoms. The van der Waals surface area contributed by atoms with E-state index < -0.39 is 0 Å². The lowest BCUT2D eigenvalue weighted by molar-refractivity contribution is -0.137. The molecule has 0 atom stereocenters. The summed E-state index contributed by atoms with van der Waals surface area (Å²) in [7, 11) is 7.88. The van der Waals surface area contributed by atoms with Gasteiger partial charge in [-0.15, -0.1) is 0 Å². The van der Waals surface area contributed by atoms with Crippen molar-refractivity contribution >= 4 is 17.5 Å². The summed E-state index contributed by atoms with van der Waals surface area (Å²) in [4.78, 5) is 24.1. The molecule has 1 saturated heterocycles. The van der Waals surface area contributed by atoms with E-state index in [2.05, 4.69) is 5.32 Å². The number of carbonyl (C=O) groups excluding carboxylic acids is 2. The van der Waals surface area contributed by atoms with Crippen molar-refractivity contribution in [3.63, 3.8) is 0 Å². The largest absolute Gasteiger partial charge is 0.504 e. The number of ether oxygens (including phenoxy) is 4. The van der Waals surface area contributed by atoms with Crippen LogP contribution < -0.4 is 24.3 Å². The number of nitrogens with one attached hydrogen (secondary N) is 1. The molecule has 0 aliphatic carbocycles. The molecule has 2 aromatic carbocycles. The number of anilines is 1. The molecular weight excluding hydrogens is 428 g/mol. The van der Waals surface area contributed by atoms with Crippen LogP contribution in [0.3, 0.4) is 0 Å². The fourth-order valence-corrected chi connectivity index (χ4v) is 3.15. The van der Waals surface area contributed by atoms with Crippen LogP contribution in [0.5, 0.6) is 28.7 Å². The van der Waals surface area contributed by atoms with Crippen LogP contribution in [-0.2, 0) is 16.0 Å². The number of β-lactam (4-membered cyclic amide) rings is 1. The van der Waals surface area contributed by atoms with Crippen LogP contribution in [-0.4, -0.2) is 63.9 Å². The minimum atomic E-state index is -0.123. The van der Waals surface area contributed by atoms with Gasteiger partial charge < -0.3 is 34.3 Å². The monoisotopic (exact) mass is 460 g/mol. The van der Waals surface area contributed by atoms with E-state index in [1.54, 1.807) is 29.2 Å². The molecule has 0 radical (unpaired) electrons. The van der Waals surface area contributed by atoms with Crippen LogP contribution in [0.15, 0.2) is 30.3 Å². The predicted octanol–water partition coefficient (Wildman–Crippen LogP) is 3.24. The van der Waals surface area contributed by atoms with Gasteiger partial charge in [0.1, 0.15) is 0 Å². The molecule has 1 aliphatic heterocycles. The number of carbonyl (C=O) groups is 2. The first kappa shape index (κ1) is 25.6. The van der Waals surface area contributed by atoms with E-state index in [0.29, 0.717) is 47.9 Å². The number of benzene rings is 2. The van der Waals surface area contributed by atoms with Gasteiger partial charge in [0.25, 0.3) is 0 Å². The molecule has 1 aliphatic rings. The van der Waals surface area contributed by atoms with E-state index in [-0.39, 0.29) is 17.6 Å². The summed E-state index contributed by atoms with van der Waals surface area (Å²) in [5.74, 6) is 2.09. The topological polar surface area (TPSA) is 107 Å². The summed E-state index contributed by atoms with van der Waals surface area (Å²) in [5, 5.41) is 12.6. The van der Waals surface area contributed by atoms with Gasteiger partial charge in [-0.3, -0.25) is 9.59 Å². The van der Waals surface area contributed by atoms with Crippen molar-refractivity contribution in [3.05, 3.63) is 35.9 Å². The molecule has 0 spiro atoms. The lowest BCUT2D eigenvalue weighted by Gasteiger charge is -2.24. The Morgan fingerprint density at radius 2 is 1.61 bits per heavy atom. The highest BCUT2D eigenvalue weighted by atomic mass is 16.5. The second-order valence-electron chi connectivity index (χ2n) is 7.39. The van der Waals surface area contributed by atoms with Crippen molar-refractivity contribution in [1.82, 2.24) is 4.90 Å². The van der Waals surface area contributed by atoms with Crippen LogP contribution in [0.25, 0.3) is 0 Å². The smallest absolute Gasteiger partial charge is 0.224 e. The molecule has 0 saturated carbocycles. The zero-order valence-electron chi connectivity index (χ0n) is 19.8. The molecule has 1 fully saturated rings. The molecule has 1 heterocycles. The number of hydrogen-bond donors (Lipinski definition) is 2. The fraction of sp³-hybridized carbons (Fsp3) is 0.417. The average Bonchev–Trinajstić information content (AvgIpc) is 2.82.